The van der Waals surface area contributed by atoms with Crippen LogP contribution < -0.4 is 10.2 Å². The van der Waals surface area contributed by atoms with Crippen LogP contribution in [-0.2, 0) is 4.79 Å². The fourth-order valence-corrected chi connectivity index (χ4v) is 4.38. The van der Waals surface area contributed by atoms with Gasteiger partial charge in [-0.3, -0.25) is 9.59 Å². The summed E-state index contributed by atoms with van der Waals surface area (Å²) in [6, 6.07) is 7.25. The molecule has 0 unspecified atom stereocenters. The van der Waals surface area contributed by atoms with Crippen molar-refractivity contribution in [3.63, 3.8) is 0 Å². The van der Waals surface area contributed by atoms with Gasteiger partial charge in [0, 0.05) is 32.6 Å². The van der Waals surface area contributed by atoms with Gasteiger partial charge in [0.1, 0.15) is 5.82 Å². The number of hydrogen-bond acceptors (Lipinski definition) is 5. The summed E-state index contributed by atoms with van der Waals surface area (Å²) < 4.78 is 5.20. The van der Waals surface area contributed by atoms with E-state index >= 15 is 0 Å². The molecule has 1 N–H and O–H groups in total. The lowest BCUT2D eigenvalue weighted by molar-refractivity contribution is -0.116. The van der Waals surface area contributed by atoms with E-state index in [1.54, 1.807) is 23.2 Å². The number of carbonyl (C=O) groups is 2. The Morgan fingerprint density at radius 3 is 2.53 bits per heavy atom. The molecule has 0 aromatic carbocycles. The quantitative estimate of drug-likeness (QED) is 0.780. The summed E-state index contributed by atoms with van der Waals surface area (Å²) in [6.07, 6.45) is 11.3. The molecule has 1 saturated heterocycles. The largest absolute Gasteiger partial charge is 0.459 e. The normalized spacial score (nSPS) is 17.7. The van der Waals surface area contributed by atoms with Crippen molar-refractivity contribution in [1.82, 2.24) is 9.88 Å². The van der Waals surface area contributed by atoms with Crippen molar-refractivity contribution in [3.05, 3.63) is 42.5 Å². The van der Waals surface area contributed by atoms with E-state index in [9.17, 15) is 9.59 Å². The van der Waals surface area contributed by atoms with Gasteiger partial charge in [0.2, 0.25) is 5.91 Å². The second-order valence-corrected chi connectivity index (χ2v) is 8.25. The molecule has 2 aromatic rings. The minimum Gasteiger partial charge on any atom is -0.459 e. The molecule has 7 nitrogen and oxygen atoms in total. The highest BCUT2D eigenvalue weighted by atomic mass is 16.3. The van der Waals surface area contributed by atoms with Crippen molar-refractivity contribution in [2.45, 2.75) is 44.9 Å². The summed E-state index contributed by atoms with van der Waals surface area (Å²) >= 11 is 0. The molecular formula is C23H30N4O3. The molecule has 2 fully saturated rings. The summed E-state index contributed by atoms with van der Waals surface area (Å²) in [6.45, 7) is 2.68. The van der Waals surface area contributed by atoms with E-state index in [0.717, 1.165) is 17.9 Å². The van der Waals surface area contributed by atoms with Crippen molar-refractivity contribution in [2.24, 2.45) is 5.92 Å². The number of furan rings is 1. The molecule has 3 heterocycles. The summed E-state index contributed by atoms with van der Waals surface area (Å²) in [4.78, 5) is 33.1. The lowest BCUT2D eigenvalue weighted by atomic mass is 9.86. The third kappa shape index (κ3) is 5.20. The molecule has 160 valence electrons. The molecule has 0 atom stereocenters. The van der Waals surface area contributed by atoms with Crippen molar-refractivity contribution >= 4 is 23.3 Å². The molecule has 0 spiro atoms. The Hall–Kier alpha value is -2.83. The number of piperazine rings is 1. The molecule has 1 saturated carbocycles. The average molecular weight is 411 g/mol. The first-order chi connectivity index (χ1) is 14.7. The topological polar surface area (TPSA) is 78.7 Å². The minimum atomic E-state index is -0.0705. The summed E-state index contributed by atoms with van der Waals surface area (Å²) in [7, 11) is 0. The number of hydrogen-bond donors (Lipinski definition) is 1. The van der Waals surface area contributed by atoms with E-state index in [1.807, 2.05) is 12.1 Å². The van der Waals surface area contributed by atoms with Crippen LogP contribution in [0.1, 0.15) is 55.5 Å². The lowest BCUT2D eigenvalue weighted by Crippen LogP contribution is -2.49. The standard InChI is InChI=1S/C23H30N4O3/c28-22(11-8-18-5-2-1-3-6-18)25-19-9-10-21(24-17-19)26-12-14-27(15-13-26)23(29)20-7-4-16-30-20/h4,7,9-10,16-18H,1-3,5-6,8,11-15H2,(H,25,28). The van der Waals surface area contributed by atoms with Crippen molar-refractivity contribution < 1.29 is 14.0 Å². The van der Waals surface area contributed by atoms with Gasteiger partial charge < -0.3 is 19.5 Å². The first-order valence-corrected chi connectivity index (χ1v) is 11.0. The third-order valence-electron chi connectivity index (χ3n) is 6.16. The SMILES string of the molecule is O=C(CCC1CCCCC1)Nc1ccc(N2CCN(C(=O)c3ccco3)CC2)nc1. The molecule has 1 aliphatic heterocycles. The predicted octanol–water partition coefficient (Wildman–Crippen LogP) is 3.94. The number of nitrogens with zero attached hydrogens (tertiary/aromatic N) is 3. The van der Waals surface area contributed by atoms with Crippen molar-refractivity contribution in [1.29, 1.82) is 0 Å². The van der Waals surface area contributed by atoms with Crippen LogP contribution in [-0.4, -0.2) is 47.9 Å². The van der Waals surface area contributed by atoms with Crippen LogP contribution in [0.5, 0.6) is 0 Å². The monoisotopic (exact) mass is 410 g/mol. The lowest BCUT2D eigenvalue weighted by Gasteiger charge is -2.35. The van der Waals surface area contributed by atoms with Gasteiger partial charge in [-0.15, -0.1) is 0 Å². The number of rotatable bonds is 6. The smallest absolute Gasteiger partial charge is 0.289 e. The zero-order valence-electron chi connectivity index (χ0n) is 17.4. The second-order valence-electron chi connectivity index (χ2n) is 8.25. The van der Waals surface area contributed by atoms with E-state index in [-0.39, 0.29) is 11.8 Å². The van der Waals surface area contributed by atoms with E-state index < -0.39 is 0 Å². The first-order valence-electron chi connectivity index (χ1n) is 11.0. The Morgan fingerprint density at radius 1 is 1.07 bits per heavy atom. The molecule has 1 aliphatic carbocycles. The van der Waals surface area contributed by atoms with Crippen LogP contribution >= 0.6 is 0 Å². The summed E-state index contributed by atoms with van der Waals surface area (Å²) in [5.41, 5.74) is 0.735. The van der Waals surface area contributed by atoms with E-state index in [0.29, 0.717) is 44.3 Å². The number of amides is 2. The van der Waals surface area contributed by atoms with Crippen LogP contribution in [0.15, 0.2) is 41.1 Å². The van der Waals surface area contributed by atoms with E-state index in [4.69, 9.17) is 4.42 Å². The van der Waals surface area contributed by atoms with Crippen molar-refractivity contribution in [2.75, 3.05) is 36.4 Å². The van der Waals surface area contributed by atoms with Gasteiger partial charge in [0.15, 0.2) is 5.76 Å². The number of nitrogens with one attached hydrogen (secondary N) is 1. The zero-order valence-corrected chi connectivity index (χ0v) is 17.4. The summed E-state index contributed by atoms with van der Waals surface area (Å²) in [5, 5.41) is 2.97. The van der Waals surface area contributed by atoms with Crippen LogP contribution in [0.3, 0.4) is 0 Å². The Bertz CT molecular complexity index is 821. The van der Waals surface area contributed by atoms with Gasteiger partial charge in [-0.2, -0.15) is 0 Å². The van der Waals surface area contributed by atoms with Crippen LogP contribution in [0, 0.1) is 5.92 Å². The van der Waals surface area contributed by atoms with Crippen LogP contribution in [0.4, 0.5) is 11.5 Å². The maximum absolute atomic E-state index is 12.4. The molecule has 0 bridgehead atoms. The molecule has 2 amide bonds. The number of pyridine rings is 1. The second kappa shape index (κ2) is 9.78. The van der Waals surface area contributed by atoms with Gasteiger partial charge >= 0.3 is 0 Å². The molecular weight excluding hydrogens is 380 g/mol. The number of anilines is 2. The van der Waals surface area contributed by atoms with Crippen molar-refractivity contribution in [3.8, 4) is 0 Å². The minimum absolute atomic E-state index is 0.0696. The Kier molecular flexibility index (Phi) is 6.67. The fourth-order valence-electron chi connectivity index (χ4n) is 4.38. The molecule has 2 aromatic heterocycles. The highest BCUT2D eigenvalue weighted by Gasteiger charge is 2.24. The maximum Gasteiger partial charge on any atom is 0.289 e. The van der Waals surface area contributed by atoms with E-state index in [2.05, 4.69) is 15.2 Å². The average Bonchev–Trinajstić information content (AvgIpc) is 3.34. The fraction of sp³-hybridized carbons (Fsp3) is 0.522. The Labute approximate surface area is 177 Å². The van der Waals surface area contributed by atoms with E-state index in [1.165, 1.54) is 38.4 Å². The van der Waals surface area contributed by atoms with Gasteiger partial charge in [-0.1, -0.05) is 32.1 Å². The molecule has 4 rings (SSSR count). The van der Waals surface area contributed by atoms with Gasteiger partial charge in [-0.05, 0) is 36.6 Å². The number of aromatic nitrogens is 1. The number of carbonyl (C=O) groups excluding carboxylic acids is 2. The first kappa shape index (κ1) is 20.4. The third-order valence-corrected chi connectivity index (χ3v) is 6.16. The van der Waals surface area contributed by atoms with Gasteiger partial charge in [-0.25, -0.2) is 4.98 Å². The van der Waals surface area contributed by atoms with Crippen LogP contribution in [0.25, 0.3) is 0 Å². The summed E-state index contributed by atoms with van der Waals surface area (Å²) in [5.74, 6) is 1.95. The zero-order chi connectivity index (χ0) is 20.8. The molecule has 0 radical (unpaired) electrons. The maximum atomic E-state index is 12.4. The highest BCUT2D eigenvalue weighted by molar-refractivity contribution is 5.91. The van der Waals surface area contributed by atoms with Crippen LogP contribution in [0.2, 0.25) is 0 Å². The Balaban J connectivity index is 1.22. The molecule has 7 heteroatoms. The molecule has 30 heavy (non-hydrogen) atoms. The molecule has 2 aliphatic rings. The van der Waals surface area contributed by atoms with Gasteiger partial charge in [0.25, 0.3) is 5.91 Å². The highest BCUT2D eigenvalue weighted by Crippen LogP contribution is 2.27. The Morgan fingerprint density at radius 2 is 1.87 bits per heavy atom. The van der Waals surface area contributed by atoms with Gasteiger partial charge in [0.05, 0.1) is 18.1 Å². The predicted molar refractivity (Wildman–Crippen MR) is 116 cm³/mol.